The number of halogens is 1. The number of ether oxygens (including phenoxy) is 1. The molecule has 0 saturated carbocycles. The molecule has 140 valence electrons. The maximum Gasteiger partial charge on any atom is 0.241 e. The van der Waals surface area contributed by atoms with Gasteiger partial charge in [-0.3, -0.25) is 9.69 Å². The summed E-state index contributed by atoms with van der Waals surface area (Å²) in [6, 6.07) is 10.1. The number of rotatable bonds is 5. The second-order valence-electron chi connectivity index (χ2n) is 7.33. The minimum absolute atomic E-state index is 0. The summed E-state index contributed by atoms with van der Waals surface area (Å²) in [4.78, 5) is 16.8. The summed E-state index contributed by atoms with van der Waals surface area (Å²) >= 11 is 0. The van der Waals surface area contributed by atoms with Crippen LogP contribution in [0.3, 0.4) is 0 Å². The van der Waals surface area contributed by atoms with Gasteiger partial charge < -0.3 is 15.4 Å². The first-order chi connectivity index (χ1) is 11.6. The van der Waals surface area contributed by atoms with Crippen LogP contribution in [0.4, 0.5) is 0 Å². The number of nitrogens with two attached hydrogens (primary N) is 1. The molecule has 2 saturated heterocycles. The van der Waals surface area contributed by atoms with Crippen LogP contribution in [0, 0.1) is 5.41 Å². The van der Waals surface area contributed by atoms with E-state index in [1.54, 1.807) is 7.11 Å². The monoisotopic (exact) mass is 367 g/mol. The van der Waals surface area contributed by atoms with Crippen molar-refractivity contribution in [1.29, 1.82) is 0 Å². The largest absolute Gasteiger partial charge is 0.383 e. The van der Waals surface area contributed by atoms with E-state index in [-0.39, 0.29) is 18.3 Å². The lowest BCUT2D eigenvalue weighted by Crippen LogP contribution is -2.51. The first-order valence-electron chi connectivity index (χ1n) is 8.91. The van der Waals surface area contributed by atoms with Crippen molar-refractivity contribution in [3.63, 3.8) is 0 Å². The highest BCUT2D eigenvalue weighted by Gasteiger charge is 2.41. The summed E-state index contributed by atoms with van der Waals surface area (Å²) in [5.74, 6) is 0.0332. The molecule has 1 amide bonds. The molecule has 25 heavy (non-hydrogen) atoms. The molecule has 1 aromatic carbocycles. The average Bonchev–Trinajstić information content (AvgIpc) is 2.98. The van der Waals surface area contributed by atoms with Crippen molar-refractivity contribution in [2.24, 2.45) is 11.1 Å². The number of methoxy groups -OCH3 is 1. The minimum Gasteiger partial charge on any atom is -0.383 e. The van der Waals surface area contributed by atoms with Gasteiger partial charge in [-0.1, -0.05) is 30.3 Å². The molecule has 2 N–H and O–H groups in total. The molecule has 5 nitrogen and oxygen atoms in total. The normalized spacial score (nSPS) is 21.1. The smallest absolute Gasteiger partial charge is 0.241 e. The van der Waals surface area contributed by atoms with Gasteiger partial charge in [-0.2, -0.15) is 0 Å². The summed E-state index contributed by atoms with van der Waals surface area (Å²) in [5.41, 5.74) is 7.66. The third-order valence-electron chi connectivity index (χ3n) is 5.57. The lowest BCUT2D eigenvalue weighted by Gasteiger charge is -2.40. The summed E-state index contributed by atoms with van der Waals surface area (Å²) < 4.78 is 5.00. The second-order valence-corrected chi connectivity index (χ2v) is 7.33. The number of nitrogens with zero attached hydrogens (tertiary/aromatic N) is 2. The van der Waals surface area contributed by atoms with Crippen LogP contribution < -0.4 is 5.73 Å². The first-order valence-corrected chi connectivity index (χ1v) is 8.91. The van der Waals surface area contributed by atoms with Gasteiger partial charge in [0, 0.05) is 33.3 Å². The molecule has 1 aromatic rings. The molecule has 2 heterocycles. The Labute approximate surface area is 156 Å². The van der Waals surface area contributed by atoms with Crippen molar-refractivity contribution in [3.05, 3.63) is 35.9 Å². The highest BCUT2D eigenvalue weighted by molar-refractivity contribution is 5.85. The van der Waals surface area contributed by atoms with E-state index < -0.39 is 6.04 Å². The number of piperidine rings is 1. The van der Waals surface area contributed by atoms with Gasteiger partial charge in [-0.25, -0.2) is 0 Å². The second kappa shape index (κ2) is 8.99. The van der Waals surface area contributed by atoms with Crippen LogP contribution in [-0.2, 0) is 16.1 Å². The maximum atomic E-state index is 12.3. The minimum atomic E-state index is -0.526. The van der Waals surface area contributed by atoms with Crippen LogP contribution in [0.2, 0.25) is 0 Å². The van der Waals surface area contributed by atoms with Crippen LogP contribution >= 0.6 is 12.4 Å². The molecule has 2 aliphatic heterocycles. The van der Waals surface area contributed by atoms with E-state index in [2.05, 4.69) is 35.2 Å². The van der Waals surface area contributed by atoms with Gasteiger partial charge in [0.25, 0.3) is 0 Å². The fraction of sp³-hybridized carbons (Fsp3) is 0.632. The van der Waals surface area contributed by atoms with Crippen LogP contribution in [0.15, 0.2) is 30.3 Å². The topological polar surface area (TPSA) is 58.8 Å². The lowest BCUT2D eigenvalue weighted by molar-refractivity contribution is -0.136. The van der Waals surface area contributed by atoms with Crippen molar-refractivity contribution in [2.75, 3.05) is 39.9 Å². The molecule has 2 fully saturated rings. The highest BCUT2D eigenvalue weighted by Crippen LogP contribution is 2.40. The third-order valence-corrected chi connectivity index (χ3v) is 5.57. The Morgan fingerprint density at radius 1 is 1.20 bits per heavy atom. The van der Waals surface area contributed by atoms with Gasteiger partial charge in [-0.15, -0.1) is 12.4 Å². The quantitative estimate of drug-likeness (QED) is 0.863. The molecule has 2 aliphatic rings. The van der Waals surface area contributed by atoms with E-state index in [1.165, 1.54) is 12.0 Å². The number of carbonyl (C=O) groups is 1. The number of hydrogen-bond donors (Lipinski definition) is 1. The predicted octanol–water partition coefficient (Wildman–Crippen LogP) is 1.90. The van der Waals surface area contributed by atoms with Crippen LogP contribution in [-0.4, -0.2) is 61.6 Å². The fourth-order valence-electron chi connectivity index (χ4n) is 4.10. The maximum absolute atomic E-state index is 12.3. The Kier molecular flexibility index (Phi) is 7.25. The van der Waals surface area contributed by atoms with E-state index in [0.29, 0.717) is 12.0 Å². The summed E-state index contributed by atoms with van der Waals surface area (Å²) in [5, 5.41) is 0. The molecular weight excluding hydrogens is 338 g/mol. The molecule has 1 spiro atoms. The van der Waals surface area contributed by atoms with Crippen LogP contribution in [0.1, 0.15) is 24.8 Å². The zero-order valence-corrected chi connectivity index (χ0v) is 15.8. The summed E-state index contributed by atoms with van der Waals surface area (Å²) in [6.07, 6.45) is 3.42. The van der Waals surface area contributed by atoms with Gasteiger partial charge >= 0.3 is 0 Å². The van der Waals surface area contributed by atoms with Crippen molar-refractivity contribution in [3.8, 4) is 0 Å². The van der Waals surface area contributed by atoms with Gasteiger partial charge in [0.1, 0.15) is 6.04 Å². The number of amides is 1. The Hall–Kier alpha value is -1.14. The molecule has 0 aliphatic carbocycles. The Bertz CT molecular complexity index is 547. The number of benzene rings is 1. The van der Waals surface area contributed by atoms with Crippen molar-refractivity contribution < 1.29 is 9.53 Å². The molecular formula is C19H30ClN3O2. The Morgan fingerprint density at radius 3 is 2.48 bits per heavy atom. The zero-order valence-electron chi connectivity index (χ0n) is 15.0. The van der Waals surface area contributed by atoms with Crippen molar-refractivity contribution in [1.82, 2.24) is 9.80 Å². The van der Waals surface area contributed by atoms with Crippen molar-refractivity contribution >= 4 is 18.3 Å². The van der Waals surface area contributed by atoms with Gasteiger partial charge in [0.15, 0.2) is 0 Å². The highest BCUT2D eigenvalue weighted by atomic mass is 35.5. The third kappa shape index (κ3) is 4.94. The fourth-order valence-corrected chi connectivity index (χ4v) is 4.10. The van der Waals surface area contributed by atoms with Gasteiger partial charge in [-0.05, 0) is 36.8 Å². The van der Waals surface area contributed by atoms with Crippen LogP contribution in [0.25, 0.3) is 0 Å². The molecule has 0 aromatic heterocycles. The summed E-state index contributed by atoms with van der Waals surface area (Å²) in [6.45, 7) is 5.29. The standard InChI is InChI=1S/C19H29N3O2.ClH/c1-24-14-17(20)18(23)22-11-8-19(9-12-22)7-10-21(15-19)13-16-5-3-2-4-6-16;/h2-6,17H,7-15,20H2,1H3;1H. The van der Waals surface area contributed by atoms with Gasteiger partial charge in [0.2, 0.25) is 5.91 Å². The average molecular weight is 368 g/mol. The van der Waals surface area contributed by atoms with E-state index in [1.807, 2.05) is 4.90 Å². The predicted molar refractivity (Wildman–Crippen MR) is 102 cm³/mol. The molecule has 1 atom stereocenters. The van der Waals surface area contributed by atoms with Crippen molar-refractivity contribution in [2.45, 2.75) is 31.8 Å². The molecule has 0 bridgehead atoms. The van der Waals surface area contributed by atoms with Gasteiger partial charge in [0.05, 0.1) is 6.61 Å². The zero-order chi connectivity index (χ0) is 17.0. The lowest BCUT2D eigenvalue weighted by atomic mass is 9.77. The SMILES string of the molecule is COCC(N)C(=O)N1CCC2(CCN(Cc3ccccc3)C2)CC1.Cl. The molecule has 3 rings (SSSR count). The molecule has 6 heteroatoms. The van der Waals surface area contributed by atoms with E-state index >= 15 is 0 Å². The molecule has 0 radical (unpaired) electrons. The number of carbonyl (C=O) groups excluding carboxylic acids is 1. The number of likely N-dealkylation sites (tertiary alicyclic amines) is 2. The Morgan fingerprint density at radius 2 is 1.84 bits per heavy atom. The number of hydrogen-bond acceptors (Lipinski definition) is 4. The summed E-state index contributed by atoms with van der Waals surface area (Å²) in [7, 11) is 1.58. The van der Waals surface area contributed by atoms with E-state index in [0.717, 1.165) is 45.6 Å². The first kappa shape index (κ1) is 20.2. The Balaban J connectivity index is 0.00000225. The van der Waals surface area contributed by atoms with Crippen LogP contribution in [0.5, 0.6) is 0 Å². The molecule has 1 unspecified atom stereocenters. The van der Waals surface area contributed by atoms with E-state index in [4.69, 9.17) is 10.5 Å². The van der Waals surface area contributed by atoms with E-state index in [9.17, 15) is 4.79 Å².